The first-order chi connectivity index (χ1) is 12.1. The molecule has 3 N–H and O–H groups in total. The molecule has 0 spiro atoms. The molecule has 25 heavy (non-hydrogen) atoms. The molecule has 6 nitrogen and oxygen atoms in total. The van der Waals surface area contributed by atoms with Crippen molar-refractivity contribution in [3.8, 4) is 5.75 Å². The Morgan fingerprint density at radius 2 is 1.76 bits per heavy atom. The molecular formula is C19H23NO5. The highest BCUT2D eigenvalue weighted by atomic mass is 16.5. The number of carbonyl (C=O) groups is 1. The molecule has 0 heterocycles. The van der Waals surface area contributed by atoms with E-state index in [4.69, 9.17) is 9.47 Å². The van der Waals surface area contributed by atoms with Crippen molar-refractivity contribution in [2.24, 2.45) is 0 Å². The summed E-state index contributed by atoms with van der Waals surface area (Å²) in [5.74, 6) is 0.674. The van der Waals surface area contributed by atoms with Crippen LogP contribution < -0.4 is 10.1 Å². The second kappa shape index (κ2) is 9.66. The fraction of sp³-hybridized carbons (Fsp3) is 0.316. The lowest BCUT2D eigenvalue weighted by Crippen LogP contribution is -2.29. The van der Waals surface area contributed by atoms with Crippen molar-refractivity contribution < 1.29 is 24.5 Å². The van der Waals surface area contributed by atoms with Crippen molar-refractivity contribution in [3.63, 3.8) is 0 Å². The van der Waals surface area contributed by atoms with Gasteiger partial charge in [0, 0.05) is 6.54 Å². The number of carbonyl (C=O) groups excluding carboxylic acids is 1. The molecule has 0 bridgehead atoms. The smallest absolute Gasteiger partial charge is 0.407 e. The summed E-state index contributed by atoms with van der Waals surface area (Å²) in [4.78, 5) is 11.6. The third-order valence-corrected chi connectivity index (χ3v) is 3.74. The van der Waals surface area contributed by atoms with Crippen molar-refractivity contribution in [2.75, 3.05) is 13.7 Å². The minimum absolute atomic E-state index is 0.184. The van der Waals surface area contributed by atoms with Crippen molar-refractivity contribution >= 4 is 6.09 Å². The molecule has 0 aromatic heterocycles. The number of aliphatic hydroxyl groups excluding tert-OH is 2. The third-order valence-electron chi connectivity index (χ3n) is 3.74. The molecular weight excluding hydrogens is 322 g/mol. The molecule has 2 rings (SSSR count). The van der Waals surface area contributed by atoms with Crippen LogP contribution in [0.15, 0.2) is 54.6 Å². The van der Waals surface area contributed by atoms with E-state index in [-0.39, 0.29) is 19.6 Å². The highest BCUT2D eigenvalue weighted by Crippen LogP contribution is 2.21. The summed E-state index contributed by atoms with van der Waals surface area (Å²) >= 11 is 0. The van der Waals surface area contributed by atoms with Gasteiger partial charge in [0.25, 0.3) is 0 Å². The molecule has 0 aliphatic heterocycles. The lowest BCUT2D eigenvalue weighted by Gasteiger charge is -2.18. The van der Waals surface area contributed by atoms with Gasteiger partial charge in [0.1, 0.15) is 18.5 Å². The summed E-state index contributed by atoms with van der Waals surface area (Å²) in [5.41, 5.74) is 1.48. The zero-order valence-electron chi connectivity index (χ0n) is 14.1. The van der Waals surface area contributed by atoms with E-state index in [1.54, 1.807) is 31.4 Å². The molecule has 6 heteroatoms. The summed E-state index contributed by atoms with van der Waals surface area (Å²) in [7, 11) is 1.56. The number of methoxy groups -OCH3 is 1. The molecule has 2 atom stereocenters. The van der Waals surface area contributed by atoms with Crippen LogP contribution >= 0.6 is 0 Å². The highest BCUT2D eigenvalue weighted by molar-refractivity contribution is 5.67. The van der Waals surface area contributed by atoms with Gasteiger partial charge in [-0.2, -0.15) is 0 Å². The molecule has 1 amide bonds. The van der Waals surface area contributed by atoms with Crippen LogP contribution in [0.5, 0.6) is 5.75 Å². The Labute approximate surface area is 147 Å². The van der Waals surface area contributed by atoms with Gasteiger partial charge in [-0.15, -0.1) is 0 Å². The normalized spacial score (nSPS) is 12.9. The fourth-order valence-electron chi connectivity index (χ4n) is 2.28. The summed E-state index contributed by atoms with van der Waals surface area (Å²) in [5, 5.41) is 22.7. The van der Waals surface area contributed by atoms with Gasteiger partial charge in [-0.3, -0.25) is 0 Å². The average Bonchev–Trinajstić information content (AvgIpc) is 2.66. The fourth-order valence-corrected chi connectivity index (χ4v) is 2.28. The van der Waals surface area contributed by atoms with Gasteiger partial charge < -0.3 is 25.0 Å². The van der Waals surface area contributed by atoms with Crippen molar-refractivity contribution in [1.82, 2.24) is 5.32 Å². The largest absolute Gasteiger partial charge is 0.497 e. The van der Waals surface area contributed by atoms with E-state index < -0.39 is 18.3 Å². The maximum atomic E-state index is 11.6. The number of ether oxygens (including phenoxy) is 2. The molecule has 2 aromatic rings. The zero-order valence-corrected chi connectivity index (χ0v) is 14.1. The van der Waals surface area contributed by atoms with E-state index >= 15 is 0 Å². The topological polar surface area (TPSA) is 88.0 Å². The Hall–Kier alpha value is -2.57. The first kappa shape index (κ1) is 18.8. The van der Waals surface area contributed by atoms with Crippen molar-refractivity contribution in [1.29, 1.82) is 0 Å². The van der Waals surface area contributed by atoms with Crippen LogP contribution in [0.4, 0.5) is 4.79 Å². The SMILES string of the molecule is COc1ccc(C(O)C(O)CCNC(=O)OCc2ccccc2)cc1. The molecule has 0 saturated carbocycles. The second-order valence-electron chi connectivity index (χ2n) is 5.56. The van der Waals surface area contributed by atoms with Gasteiger partial charge in [0.15, 0.2) is 0 Å². The van der Waals surface area contributed by atoms with Crippen LogP contribution in [0.2, 0.25) is 0 Å². The minimum Gasteiger partial charge on any atom is -0.497 e. The van der Waals surface area contributed by atoms with Crippen molar-refractivity contribution in [3.05, 3.63) is 65.7 Å². The zero-order chi connectivity index (χ0) is 18.1. The molecule has 0 aliphatic carbocycles. The number of nitrogens with one attached hydrogen (secondary N) is 1. The number of benzene rings is 2. The minimum atomic E-state index is -1.03. The Morgan fingerprint density at radius 1 is 1.08 bits per heavy atom. The Bertz CT molecular complexity index is 645. The van der Waals surface area contributed by atoms with E-state index in [1.165, 1.54) is 0 Å². The van der Waals surface area contributed by atoms with Crippen LogP contribution in [0, 0.1) is 0 Å². The first-order valence-corrected chi connectivity index (χ1v) is 8.05. The number of amides is 1. The third kappa shape index (κ3) is 6.10. The van der Waals surface area contributed by atoms with Crippen LogP contribution in [0.3, 0.4) is 0 Å². The lowest BCUT2D eigenvalue weighted by atomic mass is 10.0. The predicted octanol–water partition coefficient (Wildman–Crippen LogP) is 2.41. The van der Waals surface area contributed by atoms with E-state index in [1.807, 2.05) is 30.3 Å². The van der Waals surface area contributed by atoms with Gasteiger partial charge in [-0.05, 0) is 29.7 Å². The highest BCUT2D eigenvalue weighted by Gasteiger charge is 2.18. The molecule has 0 saturated heterocycles. The Balaban J connectivity index is 1.69. The van der Waals surface area contributed by atoms with E-state index in [0.29, 0.717) is 11.3 Å². The van der Waals surface area contributed by atoms with E-state index in [2.05, 4.69) is 5.32 Å². The van der Waals surface area contributed by atoms with Gasteiger partial charge in [0.05, 0.1) is 13.2 Å². The average molecular weight is 345 g/mol. The van der Waals surface area contributed by atoms with Crippen LogP contribution in [0.1, 0.15) is 23.7 Å². The van der Waals surface area contributed by atoms with Crippen molar-refractivity contribution in [2.45, 2.75) is 25.2 Å². The quantitative estimate of drug-likeness (QED) is 0.684. The second-order valence-corrected chi connectivity index (χ2v) is 5.56. The van der Waals surface area contributed by atoms with E-state index in [0.717, 1.165) is 5.56 Å². The standard InChI is InChI=1S/C19H23NO5/c1-24-16-9-7-15(8-10-16)18(22)17(21)11-12-20-19(23)25-13-14-5-3-2-4-6-14/h2-10,17-18,21-22H,11-13H2,1H3,(H,20,23). The molecule has 0 radical (unpaired) electrons. The molecule has 2 unspecified atom stereocenters. The maximum absolute atomic E-state index is 11.6. The van der Waals surface area contributed by atoms with Crippen LogP contribution in [0.25, 0.3) is 0 Å². The number of alkyl carbamates (subject to hydrolysis) is 1. The van der Waals surface area contributed by atoms with Crippen LogP contribution in [-0.4, -0.2) is 36.1 Å². The lowest BCUT2D eigenvalue weighted by molar-refractivity contribution is 0.0136. The van der Waals surface area contributed by atoms with Gasteiger partial charge >= 0.3 is 6.09 Å². The summed E-state index contributed by atoms with van der Waals surface area (Å²) in [6.45, 7) is 0.381. The molecule has 2 aromatic carbocycles. The number of aliphatic hydroxyl groups is 2. The molecule has 0 fully saturated rings. The van der Waals surface area contributed by atoms with Crippen LogP contribution in [-0.2, 0) is 11.3 Å². The number of rotatable bonds is 8. The van der Waals surface area contributed by atoms with E-state index in [9.17, 15) is 15.0 Å². The summed E-state index contributed by atoms with van der Waals surface area (Å²) in [6, 6.07) is 16.2. The Kier molecular flexibility index (Phi) is 7.25. The van der Waals surface area contributed by atoms with Gasteiger partial charge in [-0.1, -0.05) is 42.5 Å². The van der Waals surface area contributed by atoms with Gasteiger partial charge in [-0.25, -0.2) is 4.79 Å². The maximum Gasteiger partial charge on any atom is 0.407 e. The number of hydrogen-bond donors (Lipinski definition) is 3. The first-order valence-electron chi connectivity index (χ1n) is 8.05. The number of hydrogen-bond acceptors (Lipinski definition) is 5. The Morgan fingerprint density at radius 3 is 2.40 bits per heavy atom. The van der Waals surface area contributed by atoms with Gasteiger partial charge in [0.2, 0.25) is 0 Å². The molecule has 0 aliphatic rings. The predicted molar refractivity (Wildman–Crippen MR) is 93.2 cm³/mol. The summed E-state index contributed by atoms with van der Waals surface area (Å²) < 4.78 is 10.1. The molecule has 134 valence electrons. The summed E-state index contributed by atoms with van der Waals surface area (Å²) in [6.07, 6.45) is -2.39. The monoisotopic (exact) mass is 345 g/mol.